The molecule has 0 aliphatic heterocycles. The smallest absolute Gasteiger partial charge is 0.132 e. The van der Waals surface area contributed by atoms with Crippen molar-refractivity contribution in [3.63, 3.8) is 0 Å². The maximum absolute atomic E-state index is 11.2. The number of hydrogen-bond donors (Lipinski definition) is 2. The van der Waals surface area contributed by atoms with Gasteiger partial charge in [-0.1, -0.05) is 13.8 Å². The number of rotatable bonds is 5. The molecule has 1 aliphatic carbocycles. The van der Waals surface area contributed by atoms with Gasteiger partial charge in [0.05, 0.1) is 0 Å². The zero-order chi connectivity index (χ0) is 13.0. The van der Waals surface area contributed by atoms with Gasteiger partial charge in [0.1, 0.15) is 5.78 Å². The summed E-state index contributed by atoms with van der Waals surface area (Å²) in [7, 11) is 0. The summed E-state index contributed by atoms with van der Waals surface area (Å²) in [6.07, 6.45) is 7.75. The van der Waals surface area contributed by atoms with E-state index in [0.29, 0.717) is 11.7 Å². The molecule has 0 aromatic carbocycles. The van der Waals surface area contributed by atoms with Crippen LogP contribution in [0.4, 0.5) is 0 Å². The van der Waals surface area contributed by atoms with Crippen LogP contribution in [0.5, 0.6) is 0 Å². The second-order valence-corrected chi connectivity index (χ2v) is 6.10. The molecule has 2 N–H and O–H groups in total. The fourth-order valence-electron chi connectivity index (χ4n) is 2.64. The molecule has 1 saturated carbocycles. The summed E-state index contributed by atoms with van der Waals surface area (Å²) in [6.45, 7) is 6.54. The van der Waals surface area contributed by atoms with Gasteiger partial charge in [-0.15, -0.1) is 0 Å². The van der Waals surface area contributed by atoms with Crippen LogP contribution in [-0.2, 0) is 10.2 Å². The summed E-state index contributed by atoms with van der Waals surface area (Å²) < 4.78 is 0. The standard InChI is InChI=1S/C15H24N2O/c1-15(2,13-7-8-16-10-13)11-17-9-12-3-5-14(18)6-4-12/h7-8,10,12,16-17H,3-6,9,11H2,1-2H3. The van der Waals surface area contributed by atoms with Crippen molar-refractivity contribution in [2.45, 2.75) is 44.9 Å². The third kappa shape index (κ3) is 3.45. The quantitative estimate of drug-likeness (QED) is 0.841. The number of hydrogen-bond acceptors (Lipinski definition) is 2. The van der Waals surface area contributed by atoms with E-state index in [1.54, 1.807) is 0 Å². The third-order valence-corrected chi connectivity index (χ3v) is 4.04. The molecule has 3 heteroatoms. The highest BCUT2D eigenvalue weighted by Gasteiger charge is 2.22. The lowest BCUT2D eigenvalue weighted by atomic mass is 9.85. The van der Waals surface area contributed by atoms with Crippen molar-refractivity contribution in [2.24, 2.45) is 5.92 Å². The van der Waals surface area contributed by atoms with E-state index in [1.165, 1.54) is 5.56 Å². The minimum atomic E-state index is 0.157. The number of H-pyrrole nitrogens is 1. The average molecular weight is 248 g/mol. The topological polar surface area (TPSA) is 44.9 Å². The Labute approximate surface area is 109 Å². The molecule has 3 nitrogen and oxygen atoms in total. The largest absolute Gasteiger partial charge is 0.367 e. The first-order valence-corrected chi connectivity index (χ1v) is 6.93. The van der Waals surface area contributed by atoms with E-state index in [1.807, 2.05) is 6.20 Å². The van der Waals surface area contributed by atoms with Crippen LogP contribution in [-0.4, -0.2) is 23.9 Å². The number of carbonyl (C=O) groups excluding carboxylic acids is 1. The number of ketones is 1. The van der Waals surface area contributed by atoms with Gasteiger partial charge in [-0.3, -0.25) is 4.79 Å². The van der Waals surface area contributed by atoms with Crippen LogP contribution in [0.1, 0.15) is 45.1 Å². The predicted octanol–water partition coefficient (Wildman–Crippen LogP) is 2.64. The molecule has 0 atom stereocenters. The van der Waals surface area contributed by atoms with Crippen molar-refractivity contribution >= 4 is 5.78 Å². The zero-order valence-corrected chi connectivity index (χ0v) is 11.5. The van der Waals surface area contributed by atoms with E-state index >= 15 is 0 Å². The first kappa shape index (κ1) is 13.3. The number of carbonyl (C=O) groups is 1. The summed E-state index contributed by atoms with van der Waals surface area (Å²) in [6, 6.07) is 2.14. The maximum Gasteiger partial charge on any atom is 0.132 e. The van der Waals surface area contributed by atoms with Gasteiger partial charge in [-0.05, 0) is 36.9 Å². The van der Waals surface area contributed by atoms with E-state index in [-0.39, 0.29) is 5.41 Å². The summed E-state index contributed by atoms with van der Waals surface area (Å²) in [4.78, 5) is 14.3. The van der Waals surface area contributed by atoms with Crippen LogP contribution in [0, 0.1) is 5.92 Å². The van der Waals surface area contributed by atoms with Crippen LogP contribution in [0.2, 0.25) is 0 Å². The number of Topliss-reactive ketones (excluding diaryl/α,β-unsaturated/α-hetero) is 1. The Bertz CT molecular complexity index is 371. The van der Waals surface area contributed by atoms with Crippen molar-refractivity contribution in [2.75, 3.05) is 13.1 Å². The fraction of sp³-hybridized carbons (Fsp3) is 0.667. The first-order chi connectivity index (χ1) is 8.58. The molecular formula is C15H24N2O. The molecule has 2 rings (SSSR count). The van der Waals surface area contributed by atoms with E-state index in [9.17, 15) is 4.79 Å². The van der Waals surface area contributed by atoms with Gasteiger partial charge >= 0.3 is 0 Å². The lowest BCUT2D eigenvalue weighted by Crippen LogP contribution is -2.36. The molecule has 1 heterocycles. The Hall–Kier alpha value is -1.09. The van der Waals surface area contributed by atoms with E-state index in [4.69, 9.17) is 0 Å². The summed E-state index contributed by atoms with van der Waals surface area (Å²) in [5, 5.41) is 3.57. The van der Waals surface area contributed by atoms with Crippen molar-refractivity contribution in [3.05, 3.63) is 24.0 Å². The van der Waals surface area contributed by atoms with Gasteiger partial charge in [0.2, 0.25) is 0 Å². The van der Waals surface area contributed by atoms with Crippen LogP contribution < -0.4 is 5.32 Å². The Balaban J connectivity index is 1.73. The summed E-state index contributed by atoms with van der Waals surface area (Å²) in [5.74, 6) is 1.13. The fourth-order valence-corrected chi connectivity index (χ4v) is 2.64. The molecule has 0 saturated heterocycles. The van der Waals surface area contributed by atoms with E-state index in [0.717, 1.165) is 38.8 Å². The number of aromatic nitrogens is 1. The van der Waals surface area contributed by atoms with Gasteiger partial charge in [0.15, 0.2) is 0 Å². The highest BCUT2D eigenvalue weighted by molar-refractivity contribution is 5.79. The van der Waals surface area contributed by atoms with E-state index < -0.39 is 0 Å². The van der Waals surface area contributed by atoms with E-state index in [2.05, 4.69) is 36.4 Å². The Morgan fingerprint density at radius 2 is 2.11 bits per heavy atom. The number of aromatic amines is 1. The van der Waals surface area contributed by atoms with Crippen LogP contribution >= 0.6 is 0 Å². The number of nitrogens with one attached hydrogen (secondary N) is 2. The van der Waals surface area contributed by atoms with Crippen molar-refractivity contribution in [1.29, 1.82) is 0 Å². The second-order valence-electron chi connectivity index (χ2n) is 6.10. The predicted molar refractivity (Wildman–Crippen MR) is 73.7 cm³/mol. The van der Waals surface area contributed by atoms with Crippen LogP contribution in [0.25, 0.3) is 0 Å². The summed E-state index contributed by atoms with van der Waals surface area (Å²) >= 11 is 0. The molecule has 1 aliphatic rings. The molecule has 0 bridgehead atoms. The molecule has 0 unspecified atom stereocenters. The highest BCUT2D eigenvalue weighted by Crippen LogP contribution is 2.23. The first-order valence-electron chi connectivity index (χ1n) is 6.93. The minimum absolute atomic E-state index is 0.157. The molecule has 0 amide bonds. The highest BCUT2D eigenvalue weighted by atomic mass is 16.1. The molecule has 1 aromatic rings. The molecule has 18 heavy (non-hydrogen) atoms. The lowest BCUT2D eigenvalue weighted by Gasteiger charge is -2.27. The maximum atomic E-state index is 11.2. The van der Waals surface area contributed by atoms with Crippen LogP contribution in [0.15, 0.2) is 18.5 Å². The van der Waals surface area contributed by atoms with Gasteiger partial charge in [0, 0.05) is 37.2 Å². The Kier molecular flexibility index (Phi) is 4.23. The summed E-state index contributed by atoms with van der Waals surface area (Å²) in [5.41, 5.74) is 1.50. The van der Waals surface area contributed by atoms with Crippen molar-refractivity contribution in [3.8, 4) is 0 Å². The van der Waals surface area contributed by atoms with Crippen molar-refractivity contribution in [1.82, 2.24) is 10.3 Å². The van der Waals surface area contributed by atoms with Crippen LogP contribution in [0.3, 0.4) is 0 Å². The zero-order valence-electron chi connectivity index (χ0n) is 11.5. The monoisotopic (exact) mass is 248 g/mol. The SMILES string of the molecule is CC(C)(CNCC1CCC(=O)CC1)c1cc[nH]c1. The molecule has 0 radical (unpaired) electrons. The average Bonchev–Trinajstić information content (AvgIpc) is 2.86. The van der Waals surface area contributed by atoms with Gasteiger partial charge in [-0.2, -0.15) is 0 Å². The van der Waals surface area contributed by atoms with Gasteiger partial charge in [-0.25, -0.2) is 0 Å². The minimum Gasteiger partial charge on any atom is -0.367 e. The van der Waals surface area contributed by atoms with Gasteiger partial charge in [0.25, 0.3) is 0 Å². The lowest BCUT2D eigenvalue weighted by molar-refractivity contribution is -0.120. The molecule has 1 aromatic heterocycles. The third-order valence-electron chi connectivity index (χ3n) is 4.04. The second kappa shape index (κ2) is 5.70. The van der Waals surface area contributed by atoms with Gasteiger partial charge < -0.3 is 10.3 Å². The normalized spacial score (nSPS) is 18.2. The van der Waals surface area contributed by atoms with Crippen molar-refractivity contribution < 1.29 is 4.79 Å². The Morgan fingerprint density at radius 3 is 2.72 bits per heavy atom. The molecule has 0 spiro atoms. The molecular weight excluding hydrogens is 224 g/mol. The molecule has 100 valence electrons. The molecule has 1 fully saturated rings. The Morgan fingerprint density at radius 1 is 1.39 bits per heavy atom.